The summed E-state index contributed by atoms with van der Waals surface area (Å²) in [4.78, 5) is 233. The van der Waals surface area contributed by atoms with E-state index in [0.717, 1.165) is 0 Å². The molecule has 0 saturated carbocycles. The molecule has 106 heavy (non-hydrogen) atoms. The number of rotatable bonds is 3. The van der Waals surface area contributed by atoms with Crippen LogP contribution in [-0.4, -0.2) is 95.5 Å². The monoisotopic (exact) mass is 1420 g/mol. The molecule has 0 N–H and O–H groups in total. The molecule has 12 aromatic rings. The number of benzene rings is 10. The number of hydrogen-bond donors (Lipinski definition) is 0. The molecule has 0 fully saturated rings. The summed E-state index contributed by atoms with van der Waals surface area (Å²) in [5.41, 5.74) is 2.52. The number of fused-ring (bicyclic) bond motifs is 10. The summed E-state index contributed by atoms with van der Waals surface area (Å²) in [6, 6.07) is 39.3. The van der Waals surface area contributed by atoms with Crippen LogP contribution in [0, 0.1) is 0 Å². The maximum absolute atomic E-state index is 11.9. The van der Waals surface area contributed by atoms with Crippen molar-refractivity contribution in [3.05, 3.63) is 288 Å². The van der Waals surface area contributed by atoms with Crippen LogP contribution in [0.3, 0.4) is 0 Å². The number of esters is 16. The third-order valence-electron chi connectivity index (χ3n) is 17.7. The minimum Gasteiger partial charge on any atom is -0.386 e. The molecule has 30 heteroatoms. The fourth-order valence-corrected chi connectivity index (χ4v) is 12.9. The third kappa shape index (κ3) is 10.2. The van der Waals surface area contributed by atoms with E-state index in [9.17, 15) is 95.9 Å². The molecule has 20 rings (SSSR count). The summed E-state index contributed by atoms with van der Waals surface area (Å²) in [6.07, 6.45) is 0. The van der Waals surface area contributed by atoms with Crippen molar-refractivity contribution < 1.29 is 123 Å². The highest BCUT2D eigenvalue weighted by atomic mass is 16.6. The van der Waals surface area contributed by atoms with Crippen molar-refractivity contribution in [2.45, 2.75) is 0 Å². The van der Waals surface area contributed by atoms with Gasteiger partial charge < -0.3 is 46.7 Å². The normalized spacial score (nSPS) is 14.9. The molecule has 0 spiro atoms. The van der Waals surface area contributed by atoms with Crippen LogP contribution in [0.15, 0.2) is 186 Å². The summed E-state index contributed by atoms with van der Waals surface area (Å²) in [5.74, 6) is -11.8. The van der Waals surface area contributed by atoms with E-state index in [0.29, 0.717) is 44.2 Å². The van der Waals surface area contributed by atoms with Gasteiger partial charge in [-0.1, -0.05) is 60.7 Å². The molecule has 0 atom stereocenters. The number of hydrogen-bond acceptors (Lipinski definition) is 30. The smallest absolute Gasteiger partial charge is 0.347 e. The molecule has 8 aliphatic rings. The van der Waals surface area contributed by atoms with E-state index in [1.165, 1.54) is 97.1 Å². The zero-order valence-corrected chi connectivity index (χ0v) is 52.3. The van der Waals surface area contributed by atoms with Gasteiger partial charge in [-0.2, -0.15) is 0 Å². The predicted octanol–water partition coefficient (Wildman–Crippen LogP) is 8.03. The van der Waals surface area contributed by atoms with Crippen molar-refractivity contribution in [2.75, 3.05) is 0 Å². The van der Waals surface area contributed by atoms with Gasteiger partial charge in [0.05, 0.1) is 111 Å². The molecular formula is C76H26O30. The molecule has 510 valence electrons. The first-order valence-electron chi connectivity index (χ1n) is 30.5. The van der Waals surface area contributed by atoms with Crippen LogP contribution >= 0.6 is 0 Å². The largest absolute Gasteiger partial charge is 0.386 e. The van der Waals surface area contributed by atoms with Gasteiger partial charge in [-0.25, -0.2) is 95.9 Å². The molecule has 30 nitrogen and oxygen atoms in total. The average Bonchev–Trinajstić information content (AvgIpc) is 1.15. The first-order valence-corrected chi connectivity index (χ1v) is 30.5. The first-order chi connectivity index (χ1) is 50.8. The van der Waals surface area contributed by atoms with E-state index in [1.54, 1.807) is 60.7 Å². The van der Waals surface area contributed by atoms with Gasteiger partial charge in [0.25, 0.3) is 0 Å². The Balaban J connectivity index is 0.000000102. The Labute approximate surface area is 581 Å². The fourth-order valence-electron chi connectivity index (χ4n) is 12.9. The Kier molecular flexibility index (Phi) is 14.6. The summed E-state index contributed by atoms with van der Waals surface area (Å²) in [6.45, 7) is 0. The lowest BCUT2D eigenvalue weighted by molar-refractivity contribution is 0.0366. The number of cyclic esters (lactones) is 16. The molecule has 2 aromatic heterocycles. The van der Waals surface area contributed by atoms with Gasteiger partial charge in [-0.3, -0.25) is 0 Å². The van der Waals surface area contributed by atoms with Gasteiger partial charge in [-0.05, 0) is 141 Å². The van der Waals surface area contributed by atoms with Crippen molar-refractivity contribution in [3.63, 3.8) is 0 Å². The van der Waals surface area contributed by atoms with Crippen LogP contribution in [0.2, 0.25) is 0 Å². The number of carbonyl (C=O) groups is 16. The van der Waals surface area contributed by atoms with E-state index in [4.69, 9.17) is 0 Å². The van der Waals surface area contributed by atoms with E-state index >= 15 is 0 Å². The van der Waals surface area contributed by atoms with E-state index in [-0.39, 0.29) is 121 Å². The van der Waals surface area contributed by atoms with Crippen LogP contribution in [0.4, 0.5) is 0 Å². The van der Waals surface area contributed by atoms with E-state index in [1.807, 2.05) is 0 Å². The van der Waals surface area contributed by atoms with Gasteiger partial charge in [0, 0.05) is 10.8 Å². The van der Waals surface area contributed by atoms with Crippen LogP contribution in [-0.2, 0) is 37.9 Å². The van der Waals surface area contributed by atoms with Crippen LogP contribution in [0.25, 0.3) is 76.5 Å². The summed E-state index contributed by atoms with van der Waals surface area (Å²) < 4.78 is 45.7. The first kappa shape index (κ1) is 64.8. The van der Waals surface area contributed by atoms with E-state index in [2.05, 4.69) is 46.7 Å². The molecule has 0 unspecified atom stereocenters. The molecular weight excluding hydrogens is 1390 g/mol. The molecule has 8 aliphatic heterocycles. The lowest BCUT2D eigenvalue weighted by atomic mass is 9.89. The number of carbonyl (C=O) groups excluding carboxylic acids is 16. The SMILES string of the molecule is O=C1OC(=O)c2c1cccc2-c1cccc2c1C(=O)OC2=O.O=C1OC(=O)c2cc(-c3ccc4c(c3)C(=O)OC4=O)ccc21.O=C1OC(=O)c2cc(-c3cccc4c3C(=O)OC4=O)ccc21.O=C1OC(=O)c2ccc3c4c(ccc1c24)C(=O)OC3=O.O=c1oc(=O)c2cc3c(ccc4c(=O)oc(=O)c43)cc12. The van der Waals surface area contributed by atoms with Crippen molar-refractivity contribution in [2.24, 2.45) is 0 Å². The summed E-state index contributed by atoms with van der Waals surface area (Å²) >= 11 is 0. The van der Waals surface area contributed by atoms with Gasteiger partial charge in [0.15, 0.2) is 0 Å². The lowest BCUT2D eigenvalue weighted by Crippen LogP contribution is -2.25. The predicted molar refractivity (Wildman–Crippen MR) is 348 cm³/mol. The van der Waals surface area contributed by atoms with Crippen molar-refractivity contribution in [1.29, 1.82) is 0 Å². The Morgan fingerprint density at radius 1 is 0.170 bits per heavy atom. The van der Waals surface area contributed by atoms with Gasteiger partial charge in [0.1, 0.15) is 0 Å². The molecule has 0 amide bonds. The average molecular weight is 1420 g/mol. The highest BCUT2D eigenvalue weighted by Crippen LogP contribution is 2.40. The maximum Gasteiger partial charge on any atom is 0.347 e. The molecule has 0 aliphatic carbocycles. The number of ether oxygens (including phenoxy) is 8. The van der Waals surface area contributed by atoms with Crippen LogP contribution in [0.5, 0.6) is 0 Å². The summed E-state index contributed by atoms with van der Waals surface area (Å²) in [7, 11) is 0. The van der Waals surface area contributed by atoms with Crippen LogP contribution in [0.1, 0.15) is 166 Å². The highest BCUT2D eigenvalue weighted by Gasteiger charge is 2.40. The Morgan fingerprint density at radius 3 is 0.858 bits per heavy atom. The van der Waals surface area contributed by atoms with Crippen LogP contribution < -0.4 is 22.5 Å². The third-order valence-corrected chi connectivity index (χ3v) is 17.7. The van der Waals surface area contributed by atoms with Crippen molar-refractivity contribution in [1.82, 2.24) is 0 Å². The zero-order chi connectivity index (χ0) is 74.3. The highest BCUT2D eigenvalue weighted by molar-refractivity contribution is 6.30. The summed E-state index contributed by atoms with van der Waals surface area (Å²) in [5, 5.41) is 1.99. The zero-order valence-electron chi connectivity index (χ0n) is 52.3. The van der Waals surface area contributed by atoms with Gasteiger partial charge >= 0.3 is 118 Å². The lowest BCUT2D eigenvalue weighted by Gasteiger charge is -2.21. The fraction of sp³-hybridized carbons (Fsp3) is 0. The molecule has 0 radical (unpaired) electrons. The Morgan fingerprint density at radius 2 is 0.453 bits per heavy atom. The minimum absolute atomic E-state index is 0.0862. The molecule has 0 saturated heterocycles. The number of furan rings is 2. The molecule has 10 aromatic carbocycles. The second-order valence-corrected chi connectivity index (χ2v) is 23.4. The minimum atomic E-state index is -0.794. The second-order valence-electron chi connectivity index (χ2n) is 23.4. The van der Waals surface area contributed by atoms with Gasteiger partial charge in [0.2, 0.25) is 0 Å². The Hall–Kier alpha value is -15.9. The second kappa shape index (κ2) is 23.9. The molecule has 0 bridgehead atoms. The van der Waals surface area contributed by atoms with E-state index < -0.39 is 118 Å². The molecule has 10 heterocycles. The van der Waals surface area contributed by atoms with Crippen molar-refractivity contribution in [3.8, 4) is 33.4 Å². The topological polar surface area (TPSA) is 442 Å². The van der Waals surface area contributed by atoms with Gasteiger partial charge in [-0.15, -0.1) is 0 Å². The maximum atomic E-state index is 11.9. The standard InChI is InChI=1S/3C16H6O6.2C14H4O6/c17-13-9-3-1-7(5-11(9)15(19)21-13)8-2-4-10-12(6-8)16(20)22-14(10)18;17-13-9-5-1-3-7(11(9)15(19)21-13)8-4-2-6-10-12(8)16(20)22-14(10)18;17-13-9-5-4-7(6-11(9)15(19)21-13)8-2-1-3-10-12(8)16(20)22-14(10)18;15-11-6-2-1-5-3-8-9(13(17)19-12(8)16)4-7(5)10(6)14(18)20-11;15-11-5-1-2-6-10-8(14(18)20-12(6)16)4-3-7(9(5)10)13(17)19-11/h3*1-6H;2*1-4H. The van der Waals surface area contributed by atoms with Crippen molar-refractivity contribution >= 4 is 139 Å². The quantitative estimate of drug-likeness (QED) is 0.0917. The Bertz CT molecular complexity index is 6340.